The summed E-state index contributed by atoms with van der Waals surface area (Å²) in [6.07, 6.45) is 1.91. The van der Waals surface area contributed by atoms with Crippen molar-refractivity contribution >= 4 is 16.6 Å². The van der Waals surface area contributed by atoms with Crippen LogP contribution in [0.25, 0.3) is 10.9 Å². The smallest absolute Gasteiger partial charge is 0.118 e. The molecule has 0 amide bonds. The third-order valence-corrected chi connectivity index (χ3v) is 2.35. The molecule has 1 aromatic carbocycles. The van der Waals surface area contributed by atoms with Crippen LogP contribution in [0.5, 0.6) is 0 Å². The molecule has 2 N–H and O–H groups in total. The molecule has 14 heavy (non-hydrogen) atoms. The lowest BCUT2D eigenvalue weighted by Crippen LogP contribution is -2.00. The van der Waals surface area contributed by atoms with E-state index in [0.29, 0.717) is 0 Å². The first kappa shape index (κ1) is 8.64. The molecule has 0 fully saturated rings. The van der Waals surface area contributed by atoms with Crippen molar-refractivity contribution in [2.45, 2.75) is 13.0 Å². The number of hydrogen-bond acceptors (Lipinski definition) is 2. The number of aromatic nitrogens is 1. The molecule has 3 heteroatoms. The fraction of sp³-hybridized carbons (Fsp3) is 0.182. The van der Waals surface area contributed by atoms with Gasteiger partial charge in [0.05, 0.1) is 11.6 Å². The summed E-state index contributed by atoms with van der Waals surface area (Å²) in [6, 6.07) is 9.75. The van der Waals surface area contributed by atoms with Crippen LogP contribution >= 0.6 is 0 Å². The second-order valence-corrected chi connectivity index (χ2v) is 3.35. The Morgan fingerprint density at radius 2 is 2.21 bits per heavy atom. The van der Waals surface area contributed by atoms with E-state index in [1.54, 1.807) is 0 Å². The Bertz CT molecular complexity index is 505. The summed E-state index contributed by atoms with van der Waals surface area (Å²) in [4.78, 5) is 0. The number of nitrogens with two attached hydrogens (primary N) is 1. The Morgan fingerprint density at radius 1 is 1.43 bits per heavy atom. The van der Waals surface area contributed by atoms with E-state index < -0.39 is 0 Å². The SMILES string of the molecule is CC(C#N)n1ccc2ccc(N)cc21. The van der Waals surface area contributed by atoms with Crippen LogP contribution in [0.3, 0.4) is 0 Å². The van der Waals surface area contributed by atoms with Crippen LogP contribution in [0, 0.1) is 11.3 Å². The molecule has 2 aromatic rings. The zero-order chi connectivity index (χ0) is 10.1. The fourth-order valence-electron chi connectivity index (χ4n) is 1.57. The number of anilines is 1. The van der Waals surface area contributed by atoms with Crippen molar-refractivity contribution in [3.63, 3.8) is 0 Å². The standard InChI is InChI=1S/C11H11N3/c1-8(7-12)14-5-4-9-2-3-10(13)6-11(9)14/h2-6,8H,13H2,1H3. The molecule has 1 unspecified atom stereocenters. The van der Waals surface area contributed by atoms with E-state index in [-0.39, 0.29) is 6.04 Å². The van der Waals surface area contributed by atoms with Gasteiger partial charge in [-0.2, -0.15) is 5.26 Å². The molecular weight excluding hydrogens is 174 g/mol. The van der Waals surface area contributed by atoms with Crippen molar-refractivity contribution in [3.8, 4) is 6.07 Å². The molecule has 0 aliphatic carbocycles. The first-order valence-electron chi connectivity index (χ1n) is 4.48. The maximum atomic E-state index is 8.83. The molecular formula is C11H11N3. The summed E-state index contributed by atoms with van der Waals surface area (Å²) in [5.74, 6) is 0. The van der Waals surface area contributed by atoms with Gasteiger partial charge in [-0.05, 0) is 30.5 Å². The highest BCUT2D eigenvalue weighted by Crippen LogP contribution is 2.21. The van der Waals surface area contributed by atoms with Crippen molar-refractivity contribution < 1.29 is 0 Å². The highest BCUT2D eigenvalue weighted by molar-refractivity contribution is 5.83. The molecule has 1 aromatic heterocycles. The van der Waals surface area contributed by atoms with Gasteiger partial charge in [0.15, 0.2) is 0 Å². The van der Waals surface area contributed by atoms with Crippen LogP contribution in [0.1, 0.15) is 13.0 Å². The average Bonchev–Trinajstić information content (AvgIpc) is 2.59. The number of fused-ring (bicyclic) bond motifs is 1. The van der Waals surface area contributed by atoms with Crippen molar-refractivity contribution in [1.82, 2.24) is 4.57 Å². The molecule has 1 heterocycles. The number of nitriles is 1. The predicted molar refractivity (Wildman–Crippen MR) is 56.7 cm³/mol. The second kappa shape index (κ2) is 3.08. The van der Waals surface area contributed by atoms with Gasteiger partial charge in [0, 0.05) is 11.9 Å². The molecule has 0 spiro atoms. The van der Waals surface area contributed by atoms with Gasteiger partial charge in [0.2, 0.25) is 0 Å². The van der Waals surface area contributed by atoms with E-state index in [1.165, 1.54) is 0 Å². The van der Waals surface area contributed by atoms with Crippen molar-refractivity contribution in [2.24, 2.45) is 0 Å². The Kier molecular flexibility index (Phi) is 1.90. The molecule has 2 rings (SSSR count). The largest absolute Gasteiger partial charge is 0.399 e. The quantitative estimate of drug-likeness (QED) is 0.693. The average molecular weight is 185 g/mol. The van der Waals surface area contributed by atoms with Crippen LogP contribution < -0.4 is 5.73 Å². The van der Waals surface area contributed by atoms with Gasteiger partial charge < -0.3 is 10.3 Å². The Balaban J connectivity index is 2.68. The zero-order valence-corrected chi connectivity index (χ0v) is 7.94. The lowest BCUT2D eigenvalue weighted by Gasteiger charge is -2.06. The van der Waals surface area contributed by atoms with E-state index in [2.05, 4.69) is 6.07 Å². The van der Waals surface area contributed by atoms with E-state index in [4.69, 9.17) is 11.0 Å². The van der Waals surface area contributed by atoms with Gasteiger partial charge in [-0.1, -0.05) is 6.07 Å². The number of nitrogens with zero attached hydrogens (tertiary/aromatic N) is 2. The highest BCUT2D eigenvalue weighted by atomic mass is 15.0. The molecule has 3 nitrogen and oxygen atoms in total. The molecule has 1 atom stereocenters. The van der Waals surface area contributed by atoms with E-state index in [0.717, 1.165) is 16.6 Å². The lowest BCUT2D eigenvalue weighted by atomic mass is 10.2. The normalized spacial score (nSPS) is 12.6. The maximum Gasteiger partial charge on any atom is 0.118 e. The van der Waals surface area contributed by atoms with Gasteiger partial charge >= 0.3 is 0 Å². The van der Waals surface area contributed by atoms with Crippen LogP contribution in [-0.2, 0) is 0 Å². The predicted octanol–water partition coefficient (Wildman–Crippen LogP) is 2.31. The molecule has 0 aliphatic heterocycles. The van der Waals surface area contributed by atoms with Crippen LogP contribution in [-0.4, -0.2) is 4.57 Å². The van der Waals surface area contributed by atoms with Gasteiger partial charge in [-0.15, -0.1) is 0 Å². The van der Waals surface area contributed by atoms with E-state index >= 15 is 0 Å². The molecule has 0 saturated heterocycles. The summed E-state index contributed by atoms with van der Waals surface area (Å²) < 4.78 is 1.92. The van der Waals surface area contributed by atoms with Crippen LogP contribution in [0.2, 0.25) is 0 Å². The number of rotatable bonds is 1. The minimum Gasteiger partial charge on any atom is -0.399 e. The van der Waals surface area contributed by atoms with Gasteiger partial charge in [0.25, 0.3) is 0 Å². The van der Waals surface area contributed by atoms with Crippen molar-refractivity contribution in [1.29, 1.82) is 5.26 Å². The Labute approximate surface area is 82.4 Å². The van der Waals surface area contributed by atoms with Crippen molar-refractivity contribution in [3.05, 3.63) is 30.5 Å². The number of benzene rings is 1. The first-order chi connectivity index (χ1) is 6.72. The van der Waals surface area contributed by atoms with Gasteiger partial charge in [-0.25, -0.2) is 0 Å². The first-order valence-corrected chi connectivity index (χ1v) is 4.48. The minimum atomic E-state index is -0.158. The zero-order valence-electron chi connectivity index (χ0n) is 7.94. The Hall–Kier alpha value is -1.95. The lowest BCUT2D eigenvalue weighted by molar-refractivity contribution is 0.701. The molecule has 0 bridgehead atoms. The van der Waals surface area contributed by atoms with E-state index in [1.807, 2.05) is 42.0 Å². The van der Waals surface area contributed by atoms with E-state index in [9.17, 15) is 0 Å². The van der Waals surface area contributed by atoms with Gasteiger partial charge in [0.1, 0.15) is 6.04 Å². The summed E-state index contributed by atoms with van der Waals surface area (Å²) in [7, 11) is 0. The second-order valence-electron chi connectivity index (χ2n) is 3.35. The maximum absolute atomic E-state index is 8.83. The topological polar surface area (TPSA) is 54.7 Å². The molecule has 70 valence electrons. The number of nitrogen functional groups attached to an aromatic ring is 1. The fourth-order valence-corrected chi connectivity index (χ4v) is 1.57. The third-order valence-electron chi connectivity index (χ3n) is 2.35. The van der Waals surface area contributed by atoms with Crippen LogP contribution in [0.4, 0.5) is 5.69 Å². The summed E-state index contributed by atoms with van der Waals surface area (Å²) in [5.41, 5.74) is 7.43. The molecule has 0 radical (unpaired) electrons. The van der Waals surface area contributed by atoms with Crippen molar-refractivity contribution in [2.75, 3.05) is 5.73 Å². The highest BCUT2D eigenvalue weighted by Gasteiger charge is 2.06. The summed E-state index contributed by atoms with van der Waals surface area (Å²) in [5, 5.41) is 9.95. The summed E-state index contributed by atoms with van der Waals surface area (Å²) >= 11 is 0. The monoisotopic (exact) mass is 185 g/mol. The molecule has 0 saturated carbocycles. The summed E-state index contributed by atoms with van der Waals surface area (Å²) in [6.45, 7) is 1.86. The van der Waals surface area contributed by atoms with Crippen LogP contribution in [0.15, 0.2) is 30.5 Å². The molecule has 0 aliphatic rings. The van der Waals surface area contributed by atoms with Gasteiger partial charge in [-0.3, -0.25) is 0 Å². The Morgan fingerprint density at radius 3 is 2.93 bits per heavy atom. The third kappa shape index (κ3) is 1.21. The number of hydrogen-bond donors (Lipinski definition) is 1. The minimum absolute atomic E-state index is 0.158.